The van der Waals surface area contributed by atoms with Gasteiger partial charge in [-0.15, -0.1) is 0 Å². The molecule has 5 aromatic rings. The number of nitrogens with zero attached hydrogens (tertiary/aromatic N) is 2. The molecule has 0 saturated heterocycles. The van der Waals surface area contributed by atoms with Crippen LogP contribution >= 0.6 is 0 Å². The lowest BCUT2D eigenvalue weighted by atomic mass is 9.95. The highest BCUT2D eigenvalue weighted by Crippen LogP contribution is 2.34. The molecule has 0 saturated carbocycles. The van der Waals surface area contributed by atoms with Crippen LogP contribution in [0, 0.1) is 0 Å². The molecule has 1 aliphatic rings. The Hall–Kier alpha value is -6.10. The number of rotatable bonds is 11. The summed E-state index contributed by atoms with van der Waals surface area (Å²) in [5.41, 5.74) is 6.91. The van der Waals surface area contributed by atoms with Crippen LogP contribution in [-0.2, 0) is 20.9 Å². The van der Waals surface area contributed by atoms with Gasteiger partial charge in [-0.25, -0.2) is 15.0 Å². The average molecular weight is 646 g/mol. The zero-order valence-electron chi connectivity index (χ0n) is 26.8. The second-order valence-corrected chi connectivity index (χ2v) is 11.2. The van der Waals surface area contributed by atoms with E-state index >= 15 is 0 Å². The number of allylic oxidation sites excluding steroid dienone is 1. The van der Waals surface area contributed by atoms with Crippen LogP contribution in [0.5, 0.6) is 11.5 Å². The van der Waals surface area contributed by atoms with Crippen molar-refractivity contribution in [2.24, 2.45) is 5.10 Å². The first-order valence-electron chi connectivity index (χ1n) is 15.5. The third kappa shape index (κ3) is 6.70. The molecule has 11 nitrogen and oxygen atoms in total. The number of esters is 1. The Bertz CT molecular complexity index is 2080. The number of benzene rings is 4. The summed E-state index contributed by atoms with van der Waals surface area (Å²) in [5.74, 6) is -0.393. The monoisotopic (exact) mass is 645 g/mol. The molecule has 11 heteroatoms. The SMILES string of the molecule is CCOC(=O)C1=C(C)NC(=O)N[C@@H]1c1ccc(OCC(=O)N/N=C/c2cn(Cc3cccc4ccccc34)c3ccccc23)c(OC)c1. The maximum absolute atomic E-state index is 12.7. The van der Waals surface area contributed by atoms with Crippen LogP contribution in [0.1, 0.15) is 36.6 Å². The lowest BCUT2D eigenvalue weighted by Crippen LogP contribution is -2.45. The third-order valence-corrected chi connectivity index (χ3v) is 8.08. The molecule has 6 rings (SSSR count). The molecule has 0 bridgehead atoms. The van der Waals surface area contributed by atoms with E-state index in [-0.39, 0.29) is 18.8 Å². The smallest absolute Gasteiger partial charge is 0.338 e. The van der Waals surface area contributed by atoms with Crippen molar-refractivity contribution in [3.63, 3.8) is 0 Å². The molecular formula is C37H35N5O6. The van der Waals surface area contributed by atoms with Gasteiger partial charge in [0.15, 0.2) is 18.1 Å². The van der Waals surface area contributed by atoms with Crippen LogP contribution in [0.25, 0.3) is 21.7 Å². The van der Waals surface area contributed by atoms with Gasteiger partial charge >= 0.3 is 12.0 Å². The topological polar surface area (TPSA) is 132 Å². The van der Waals surface area contributed by atoms with Crippen molar-refractivity contribution in [2.45, 2.75) is 26.4 Å². The van der Waals surface area contributed by atoms with E-state index < -0.39 is 23.9 Å². The van der Waals surface area contributed by atoms with Crippen molar-refractivity contribution in [1.82, 2.24) is 20.6 Å². The summed E-state index contributed by atoms with van der Waals surface area (Å²) >= 11 is 0. The molecule has 3 N–H and O–H groups in total. The first-order valence-corrected chi connectivity index (χ1v) is 15.5. The van der Waals surface area contributed by atoms with Crippen molar-refractivity contribution in [2.75, 3.05) is 20.3 Å². The number of hydrogen-bond donors (Lipinski definition) is 3. The van der Waals surface area contributed by atoms with Crippen molar-refractivity contribution >= 4 is 45.8 Å². The van der Waals surface area contributed by atoms with Crippen LogP contribution in [0.4, 0.5) is 4.79 Å². The van der Waals surface area contributed by atoms with Crippen LogP contribution in [-0.4, -0.2) is 49.0 Å². The molecule has 1 atom stereocenters. The van der Waals surface area contributed by atoms with Gasteiger partial charge < -0.3 is 29.4 Å². The van der Waals surface area contributed by atoms with Gasteiger partial charge in [-0.1, -0.05) is 66.7 Å². The Morgan fingerprint density at radius 3 is 2.56 bits per heavy atom. The molecule has 0 fully saturated rings. The molecule has 0 aliphatic carbocycles. The molecule has 2 heterocycles. The summed E-state index contributed by atoms with van der Waals surface area (Å²) < 4.78 is 18.6. The third-order valence-electron chi connectivity index (χ3n) is 8.08. The molecule has 0 spiro atoms. The van der Waals surface area contributed by atoms with E-state index in [0.29, 0.717) is 29.3 Å². The van der Waals surface area contributed by atoms with Crippen molar-refractivity contribution in [3.8, 4) is 11.5 Å². The van der Waals surface area contributed by atoms with Gasteiger partial charge in [-0.2, -0.15) is 5.10 Å². The molecule has 0 unspecified atom stereocenters. The van der Waals surface area contributed by atoms with E-state index in [4.69, 9.17) is 14.2 Å². The molecule has 1 aromatic heterocycles. The number of carbonyl (C=O) groups excluding carboxylic acids is 3. The fourth-order valence-electron chi connectivity index (χ4n) is 5.88. The number of hydrogen-bond acceptors (Lipinski definition) is 7. The summed E-state index contributed by atoms with van der Waals surface area (Å²) in [6.45, 7) is 3.89. The molecule has 48 heavy (non-hydrogen) atoms. The predicted molar refractivity (Wildman–Crippen MR) is 183 cm³/mol. The number of aromatic nitrogens is 1. The van der Waals surface area contributed by atoms with E-state index in [1.54, 1.807) is 38.3 Å². The highest BCUT2D eigenvalue weighted by Gasteiger charge is 2.32. The van der Waals surface area contributed by atoms with Crippen LogP contribution in [0.2, 0.25) is 0 Å². The molecule has 4 aromatic carbocycles. The van der Waals surface area contributed by atoms with E-state index in [9.17, 15) is 14.4 Å². The lowest BCUT2D eigenvalue weighted by molar-refractivity contribution is -0.139. The minimum Gasteiger partial charge on any atom is -0.493 e. The number of carbonyl (C=O) groups is 3. The number of ether oxygens (including phenoxy) is 3. The first kappa shape index (κ1) is 31.9. The van der Waals surface area contributed by atoms with Crippen molar-refractivity contribution in [3.05, 3.63) is 119 Å². The molecular weight excluding hydrogens is 610 g/mol. The Balaban J connectivity index is 1.13. The summed E-state index contributed by atoms with van der Waals surface area (Å²) in [5, 5.41) is 13.0. The van der Waals surface area contributed by atoms with E-state index in [0.717, 1.165) is 16.5 Å². The largest absolute Gasteiger partial charge is 0.493 e. The predicted octanol–water partition coefficient (Wildman–Crippen LogP) is 5.57. The van der Waals surface area contributed by atoms with Gasteiger partial charge in [0.1, 0.15) is 0 Å². The second kappa shape index (κ2) is 14.1. The van der Waals surface area contributed by atoms with Gasteiger partial charge in [0.2, 0.25) is 0 Å². The average Bonchev–Trinajstić information content (AvgIpc) is 3.44. The molecule has 3 amide bonds. The quantitative estimate of drug-likeness (QED) is 0.0978. The fraction of sp³-hybridized carbons (Fsp3) is 0.189. The van der Waals surface area contributed by atoms with E-state index in [1.165, 1.54) is 23.4 Å². The van der Waals surface area contributed by atoms with Crippen LogP contribution in [0.15, 0.2) is 107 Å². The zero-order valence-corrected chi connectivity index (χ0v) is 26.8. The normalized spacial score (nSPS) is 14.6. The van der Waals surface area contributed by atoms with Crippen molar-refractivity contribution in [1.29, 1.82) is 0 Å². The highest BCUT2D eigenvalue weighted by molar-refractivity contribution is 6.00. The summed E-state index contributed by atoms with van der Waals surface area (Å²) in [7, 11) is 1.46. The zero-order chi connectivity index (χ0) is 33.6. The number of hydrazone groups is 1. The summed E-state index contributed by atoms with van der Waals surface area (Å²) in [6, 6.07) is 26.4. The minimum atomic E-state index is -0.767. The highest BCUT2D eigenvalue weighted by atomic mass is 16.5. The van der Waals surface area contributed by atoms with Crippen LogP contribution in [0.3, 0.4) is 0 Å². The Morgan fingerprint density at radius 1 is 0.979 bits per heavy atom. The molecule has 0 radical (unpaired) electrons. The molecule has 244 valence electrons. The number of fused-ring (bicyclic) bond motifs is 2. The lowest BCUT2D eigenvalue weighted by Gasteiger charge is -2.28. The number of methoxy groups -OCH3 is 1. The van der Waals surface area contributed by atoms with E-state index in [1.807, 2.05) is 36.5 Å². The standard InChI is InChI=1S/C37H35N5O6/c1-4-47-36(44)34-23(2)39-37(45)40-35(34)25-16-17-31(32(18-25)46-3)48-22-33(43)41-38-19-27-21-42(30-15-8-7-14-29(27)30)20-26-12-9-11-24-10-5-6-13-28(24)26/h5-19,21,35H,4,20,22H2,1-3H3,(H,41,43)(H2,39,40,45)/b38-19+/t35-/m1/s1. The maximum Gasteiger partial charge on any atom is 0.338 e. The Labute approximate surface area is 277 Å². The maximum atomic E-state index is 12.7. The number of nitrogens with one attached hydrogen (secondary N) is 3. The minimum absolute atomic E-state index is 0.188. The van der Waals surface area contributed by atoms with Gasteiger partial charge in [-0.05, 0) is 53.9 Å². The second-order valence-electron chi connectivity index (χ2n) is 11.2. The number of para-hydroxylation sites is 1. The summed E-state index contributed by atoms with van der Waals surface area (Å²) in [4.78, 5) is 37.6. The van der Waals surface area contributed by atoms with Gasteiger partial charge in [-0.3, -0.25) is 4.79 Å². The van der Waals surface area contributed by atoms with Gasteiger partial charge in [0.25, 0.3) is 5.91 Å². The molecule has 1 aliphatic heterocycles. The number of amides is 3. The Morgan fingerprint density at radius 2 is 1.75 bits per heavy atom. The number of urea groups is 1. The summed E-state index contributed by atoms with van der Waals surface area (Å²) in [6.07, 6.45) is 3.65. The van der Waals surface area contributed by atoms with Gasteiger partial charge in [0, 0.05) is 34.9 Å². The fourth-order valence-corrected chi connectivity index (χ4v) is 5.88. The van der Waals surface area contributed by atoms with E-state index in [2.05, 4.69) is 62.1 Å². The Kier molecular flexibility index (Phi) is 9.38. The van der Waals surface area contributed by atoms with Crippen LogP contribution < -0.4 is 25.5 Å². The first-order chi connectivity index (χ1) is 23.4. The van der Waals surface area contributed by atoms with Crippen molar-refractivity contribution < 1.29 is 28.6 Å². The van der Waals surface area contributed by atoms with Gasteiger partial charge in [0.05, 0.1) is 31.5 Å².